The number of piperidine rings is 1. The molecule has 2 rings (SSSR count). The Labute approximate surface area is 110 Å². The van der Waals surface area contributed by atoms with Crippen LogP contribution in [0.15, 0.2) is 10.7 Å². The molecule has 5 heteroatoms. The number of carbonyl (C=O) groups is 1. The Morgan fingerprint density at radius 1 is 1.59 bits per heavy atom. The number of nitrogens with one attached hydrogen (secondary N) is 1. The average Bonchev–Trinajstić information content (AvgIpc) is 2.71. The van der Waals surface area contributed by atoms with Gasteiger partial charge in [-0.1, -0.05) is 6.92 Å². The van der Waals surface area contributed by atoms with E-state index in [9.17, 15) is 4.79 Å². The van der Waals surface area contributed by atoms with Crippen LogP contribution in [0.2, 0.25) is 0 Å². The normalized spacial score (nSPS) is 17.3. The Bertz CT molecular complexity index is 396. The number of hydrogen-bond donors (Lipinski definition) is 1. The summed E-state index contributed by atoms with van der Waals surface area (Å²) in [7, 11) is 0. The topological polar surface area (TPSA) is 46.9 Å². The highest BCUT2D eigenvalue weighted by Crippen LogP contribution is 2.24. The van der Waals surface area contributed by atoms with E-state index in [2.05, 4.69) is 33.3 Å². The number of ketones is 1. The first-order valence-corrected chi connectivity index (χ1v) is 6.99. The molecular formula is C12H18BrN3O. The van der Waals surface area contributed by atoms with Gasteiger partial charge in [-0.05, 0) is 48.3 Å². The molecule has 0 atom stereocenters. The van der Waals surface area contributed by atoms with Crippen molar-refractivity contribution in [2.24, 2.45) is 5.92 Å². The predicted octanol–water partition coefficient (Wildman–Crippen LogP) is 2.24. The van der Waals surface area contributed by atoms with Crippen molar-refractivity contribution in [3.63, 3.8) is 0 Å². The molecule has 0 radical (unpaired) electrons. The van der Waals surface area contributed by atoms with Gasteiger partial charge in [-0.15, -0.1) is 0 Å². The summed E-state index contributed by atoms with van der Waals surface area (Å²) in [6.45, 7) is 4.78. The number of aryl methyl sites for hydroxylation is 1. The van der Waals surface area contributed by atoms with Gasteiger partial charge in [0.1, 0.15) is 5.69 Å². The molecule has 2 heterocycles. The molecule has 0 aromatic carbocycles. The molecule has 1 aliphatic rings. The smallest absolute Gasteiger partial charge is 0.185 e. The van der Waals surface area contributed by atoms with Crippen LogP contribution in [0.1, 0.15) is 36.7 Å². The van der Waals surface area contributed by atoms with Gasteiger partial charge in [-0.2, -0.15) is 5.10 Å². The molecule has 0 saturated carbocycles. The summed E-state index contributed by atoms with van der Waals surface area (Å²) in [5.74, 6) is 0.393. The number of hydrogen-bond acceptors (Lipinski definition) is 3. The summed E-state index contributed by atoms with van der Waals surface area (Å²) < 4.78 is 2.66. The Morgan fingerprint density at radius 2 is 2.29 bits per heavy atom. The van der Waals surface area contributed by atoms with E-state index in [4.69, 9.17) is 0 Å². The fourth-order valence-electron chi connectivity index (χ4n) is 2.27. The standard InChI is InChI=1S/C12H18BrN3O/c1-2-7-16-11(10(13)8-15-16)12(17)9-3-5-14-6-4-9/h8-9,14H,2-7H2,1H3. The van der Waals surface area contributed by atoms with E-state index in [0.717, 1.165) is 49.1 Å². The highest BCUT2D eigenvalue weighted by Gasteiger charge is 2.26. The molecule has 1 saturated heterocycles. The van der Waals surface area contributed by atoms with E-state index in [1.165, 1.54) is 0 Å². The predicted molar refractivity (Wildman–Crippen MR) is 70.1 cm³/mol. The van der Waals surface area contributed by atoms with E-state index in [0.29, 0.717) is 0 Å². The molecule has 1 aliphatic heterocycles. The highest BCUT2D eigenvalue weighted by atomic mass is 79.9. The van der Waals surface area contributed by atoms with E-state index in [1.807, 2.05) is 4.68 Å². The molecule has 1 aromatic heterocycles. The van der Waals surface area contributed by atoms with E-state index >= 15 is 0 Å². The highest BCUT2D eigenvalue weighted by molar-refractivity contribution is 9.10. The van der Waals surface area contributed by atoms with Crippen LogP contribution < -0.4 is 5.32 Å². The zero-order valence-electron chi connectivity index (χ0n) is 10.1. The lowest BCUT2D eigenvalue weighted by atomic mass is 9.92. The number of Topliss-reactive ketones (excluding diaryl/α,β-unsaturated/α-hetero) is 1. The molecule has 17 heavy (non-hydrogen) atoms. The zero-order valence-corrected chi connectivity index (χ0v) is 11.7. The van der Waals surface area contributed by atoms with Gasteiger partial charge in [-0.25, -0.2) is 0 Å². The number of rotatable bonds is 4. The molecule has 0 spiro atoms. The molecule has 4 nitrogen and oxygen atoms in total. The lowest BCUT2D eigenvalue weighted by Gasteiger charge is -2.21. The molecular weight excluding hydrogens is 282 g/mol. The minimum atomic E-state index is 0.153. The second-order valence-corrected chi connectivity index (χ2v) is 5.31. The molecule has 1 N–H and O–H groups in total. The first-order valence-electron chi connectivity index (χ1n) is 6.20. The number of aromatic nitrogens is 2. The summed E-state index contributed by atoms with van der Waals surface area (Å²) >= 11 is 3.43. The Balaban J connectivity index is 2.19. The molecule has 0 unspecified atom stereocenters. The van der Waals surface area contributed by atoms with E-state index in [1.54, 1.807) is 6.20 Å². The SMILES string of the molecule is CCCn1ncc(Br)c1C(=O)C1CCNCC1. The first-order chi connectivity index (χ1) is 8.24. The minimum Gasteiger partial charge on any atom is -0.317 e. The van der Waals surface area contributed by atoms with Crippen LogP contribution in [0.5, 0.6) is 0 Å². The third kappa shape index (κ3) is 2.77. The van der Waals surface area contributed by atoms with Crippen molar-refractivity contribution in [1.29, 1.82) is 0 Å². The van der Waals surface area contributed by atoms with Crippen LogP contribution in [-0.2, 0) is 6.54 Å². The molecule has 0 amide bonds. The van der Waals surface area contributed by atoms with Crippen LogP contribution in [0.3, 0.4) is 0 Å². The molecule has 1 aromatic rings. The van der Waals surface area contributed by atoms with Crippen molar-refractivity contribution >= 4 is 21.7 Å². The summed E-state index contributed by atoms with van der Waals surface area (Å²) in [5, 5.41) is 7.54. The van der Waals surface area contributed by atoms with Crippen molar-refractivity contribution < 1.29 is 4.79 Å². The van der Waals surface area contributed by atoms with Crippen molar-refractivity contribution in [3.05, 3.63) is 16.4 Å². The van der Waals surface area contributed by atoms with Gasteiger partial charge in [-0.3, -0.25) is 9.48 Å². The van der Waals surface area contributed by atoms with Gasteiger partial charge < -0.3 is 5.32 Å². The summed E-state index contributed by atoms with van der Waals surface area (Å²) in [5.41, 5.74) is 0.749. The quantitative estimate of drug-likeness (QED) is 0.868. The van der Waals surface area contributed by atoms with Crippen LogP contribution >= 0.6 is 15.9 Å². The van der Waals surface area contributed by atoms with Crippen LogP contribution in [0.25, 0.3) is 0 Å². The van der Waals surface area contributed by atoms with E-state index < -0.39 is 0 Å². The molecule has 0 bridgehead atoms. The van der Waals surface area contributed by atoms with Gasteiger partial charge in [0.15, 0.2) is 5.78 Å². The minimum absolute atomic E-state index is 0.153. The second kappa shape index (κ2) is 5.78. The lowest BCUT2D eigenvalue weighted by Crippen LogP contribution is -2.32. The molecule has 1 fully saturated rings. The van der Waals surface area contributed by atoms with Crippen LogP contribution in [-0.4, -0.2) is 28.7 Å². The lowest BCUT2D eigenvalue weighted by molar-refractivity contribution is 0.0882. The summed E-state index contributed by atoms with van der Waals surface area (Å²) in [6, 6.07) is 0. The fourth-order valence-corrected chi connectivity index (χ4v) is 2.76. The van der Waals surface area contributed by atoms with Crippen molar-refractivity contribution in [3.8, 4) is 0 Å². The van der Waals surface area contributed by atoms with Gasteiger partial charge in [0.05, 0.1) is 10.7 Å². The number of carbonyl (C=O) groups excluding carboxylic acids is 1. The number of halogens is 1. The third-order valence-corrected chi connectivity index (χ3v) is 3.75. The van der Waals surface area contributed by atoms with Gasteiger partial charge >= 0.3 is 0 Å². The van der Waals surface area contributed by atoms with Crippen LogP contribution in [0, 0.1) is 5.92 Å². The van der Waals surface area contributed by atoms with E-state index in [-0.39, 0.29) is 11.7 Å². The summed E-state index contributed by atoms with van der Waals surface area (Å²) in [4.78, 5) is 12.5. The van der Waals surface area contributed by atoms with Gasteiger partial charge in [0.25, 0.3) is 0 Å². The monoisotopic (exact) mass is 299 g/mol. The molecule has 94 valence electrons. The largest absolute Gasteiger partial charge is 0.317 e. The maximum atomic E-state index is 12.5. The fraction of sp³-hybridized carbons (Fsp3) is 0.667. The van der Waals surface area contributed by atoms with Gasteiger partial charge in [0, 0.05) is 12.5 Å². The Morgan fingerprint density at radius 3 is 2.94 bits per heavy atom. The maximum Gasteiger partial charge on any atom is 0.185 e. The average molecular weight is 300 g/mol. The van der Waals surface area contributed by atoms with Crippen molar-refractivity contribution in [1.82, 2.24) is 15.1 Å². The molecule has 0 aliphatic carbocycles. The van der Waals surface area contributed by atoms with Crippen LogP contribution in [0.4, 0.5) is 0 Å². The Kier molecular flexibility index (Phi) is 4.34. The zero-order chi connectivity index (χ0) is 12.3. The Hall–Kier alpha value is -0.680. The second-order valence-electron chi connectivity index (χ2n) is 4.45. The van der Waals surface area contributed by atoms with Gasteiger partial charge in [0.2, 0.25) is 0 Å². The van der Waals surface area contributed by atoms with Crippen molar-refractivity contribution in [2.45, 2.75) is 32.7 Å². The van der Waals surface area contributed by atoms with Crippen molar-refractivity contribution in [2.75, 3.05) is 13.1 Å². The maximum absolute atomic E-state index is 12.5. The third-order valence-electron chi connectivity index (χ3n) is 3.17. The number of nitrogens with zero attached hydrogens (tertiary/aromatic N) is 2. The summed E-state index contributed by atoms with van der Waals surface area (Å²) in [6.07, 6.45) is 4.58. The first kappa shape index (κ1) is 12.8.